The molecule has 2 aromatic rings. The van der Waals surface area contributed by atoms with Crippen LogP contribution in [0.5, 0.6) is 5.75 Å². The van der Waals surface area contributed by atoms with Gasteiger partial charge in [0.25, 0.3) is 0 Å². The van der Waals surface area contributed by atoms with Gasteiger partial charge in [-0.2, -0.15) is 0 Å². The number of aryl methyl sites for hydroxylation is 2. The molecule has 1 atom stereocenters. The molecular weight excluding hydrogens is 314 g/mol. The molecule has 106 valence electrons. The Hall–Kier alpha value is -1.32. The summed E-state index contributed by atoms with van der Waals surface area (Å²) in [7, 11) is 0. The second-order valence-electron chi connectivity index (χ2n) is 5.26. The van der Waals surface area contributed by atoms with E-state index < -0.39 is 0 Å². The molecule has 0 aromatic heterocycles. The molecule has 2 aromatic carbocycles. The van der Waals surface area contributed by atoms with Gasteiger partial charge in [-0.3, -0.25) is 0 Å². The Morgan fingerprint density at radius 2 is 1.75 bits per heavy atom. The minimum Gasteiger partial charge on any atom is -0.489 e. The van der Waals surface area contributed by atoms with Crippen molar-refractivity contribution in [2.75, 3.05) is 0 Å². The third-order valence-corrected chi connectivity index (χ3v) is 3.63. The van der Waals surface area contributed by atoms with Crippen LogP contribution in [0.3, 0.4) is 0 Å². The van der Waals surface area contributed by atoms with Gasteiger partial charge in [-0.1, -0.05) is 45.3 Å². The van der Waals surface area contributed by atoms with Crippen LogP contribution < -0.4 is 10.5 Å². The van der Waals surface area contributed by atoms with E-state index in [0.29, 0.717) is 6.61 Å². The summed E-state index contributed by atoms with van der Waals surface area (Å²) in [4.78, 5) is 0. The van der Waals surface area contributed by atoms with Crippen molar-refractivity contribution in [1.29, 1.82) is 0 Å². The summed E-state index contributed by atoms with van der Waals surface area (Å²) < 4.78 is 6.97. The highest BCUT2D eigenvalue weighted by Crippen LogP contribution is 2.28. The van der Waals surface area contributed by atoms with Gasteiger partial charge in [-0.25, -0.2) is 0 Å². The molecule has 0 amide bonds. The van der Waals surface area contributed by atoms with Crippen molar-refractivity contribution in [3.8, 4) is 5.75 Å². The van der Waals surface area contributed by atoms with Crippen LogP contribution in [0.4, 0.5) is 0 Å². The fourth-order valence-electron chi connectivity index (χ4n) is 2.32. The Kier molecular flexibility index (Phi) is 4.84. The monoisotopic (exact) mass is 333 g/mol. The van der Waals surface area contributed by atoms with Crippen LogP contribution in [-0.4, -0.2) is 0 Å². The average molecular weight is 334 g/mol. The smallest absolute Gasteiger partial charge is 0.124 e. The number of ether oxygens (including phenoxy) is 1. The molecule has 2 N–H and O–H groups in total. The van der Waals surface area contributed by atoms with Crippen LogP contribution in [0.2, 0.25) is 0 Å². The highest BCUT2D eigenvalue weighted by molar-refractivity contribution is 9.10. The van der Waals surface area contributed by atoms with Gasteiger partial charge in [0, 0.05) is 16.1 Å². The molecule has 0 aliphatic heterocycles. The average Bonchev–Trinajstić information content (AvgIpc) is 2.36. The molecule has 0 unspecified atom stereocenters. The summed E-state index contributed by atoms with van der Waals surface area (Å²) in [5.41, 5.74) is 10.7. The van der Waals surface area contributed by atoms with Crippen molar-refractivity contribution in [3.05, 3.63) is 63.1 Å². The van der Waals surface area contributed by atoms with Crippen molar-refractivity contribution in [2.45, 2.75) is 33.4 Å². The van der Waals surface area contributed by atoms with E-state index in [1.54, 1.807) is 0 Å². The molecule has 0 aliphatic rings. The van der Waals surface area contributed by atoms with Crippen LogP contribution in [0.15, 0.2) is 40.9 Å². The van der Waals surface area contributed by atoms with E-state index in [1.807, 2.05) is 25.1 Å². The lowest BCUT2D eigenvalue weighted by molar-refractivity contribution is 0.301. The van der Waals surface area contributed by atoms with E-state index in [9.17, 15) is 0 Å². The van der Waals surface area contributed by atoms with Gasteiger partial charge in [0.2, 0.25) is 0 Å². The Bertz CT molecular complexity index is 588. The highest BCUT2D eigenvalue weighted by Gasteiger charge is 2.09. The van der Waals surface area contributed by atoms with Crippen molar-refractivity contribution in [1.82, 2.24) is 0 Å². The predicted octanol–water partition coefficient (Wildman–Crippen LogP) is 4.66. The number of rotatable bonds is 4. The summed E-state index contributed by atoms with van der Waals surface area (Å²) >= 11 is 3.47. The lowest BCUT2D eigenvalue weighted by Crippen LogP contribution is -2.08. The molecule has 20 heavy (non-hydrogen) atoms. The number of nitrogens with two attached hydrogens (primary N) is 1. The van der Waals surface area contributed by atoms with Gasteiger partial charge >= 0.3 is 0 Å². The summed E-state index contributed by atoms with van der Waals surface area (Å²) in [6, 6.07) is 12.4. The molecule has 0 saturated carbocycles. The molecule has 3 heteroatoms. The zero-order chi connectivity index (χ0) is 14.7. The predicted molar refractivity (Wildman–Crippen MR) is 87.0 cm³/mol. The van der Waals surface area contributed by atoms with Crippen LogP contribution in [0, 0.1) is 13.8 Å². The van der Waals surface area contributed by atoms with Gasteiger partial charge in [-0.15, -0.1) is 0 Å². The van der Waals surface area contributed by atoms with Crippen molar-refractivity contribution in [3.63, 3.8) is 0 Å². The van der Waals surface area contributed by atoms with Gasteiger partial charge in [0.15, 0.2) is 0 Å². The molecule has 0 radical (unpaired) electrons. The van der Waals surface area contributed by atoms with Crippen molar-refractivity contribution < 1.29 is 4.74 Å². The molecule has 0 aliphatic carbocycles. The summed E-state index contributed by atoms with van der Waals surface area (Å²) in [5, 5.41) is 0. The second-order valence-corrected chi connectivity index (χ2v) is 6.17. The molecule has 0 heterocycles. The maximum Gasteiger partial charge on any atom is 0.124 e. The quantitative estimate of drug-likeness (QED) is 0.882. The molecule has 2 nitrogen and oxygen atoms in total. The van der Waals surface area contributed by atoms with Crippen LogP contribution >= 0.6 is 15.9 Å². The van der Waals surface area contributed by atoms with Gasteiger partial charge in [-0.05, 0) is 44.5 Å². The fraction of sp³-hybridized carbons (Fsp3) is 0.294. The Morgan fingerprint density at radius 3 is 2.35 bits per heavy atom. The van der Waals surface area contributed by atoms with Crippen LogP contribution in [0.1, 0.15) is 35.2 Å². The molecule has 2 rings (SSSR count). The topological polar surface area (TPSA) is 35.2 Å². The summed E-state index contributed by atoms with van der Waals surface area (Å²) in [5.74, 6) is 0.849. The minimum absolute atomic E-state index is 0.0539. The Balaban J connectivity index is 2.18. The first kappa shape index (κ1) is 15.1. The normalized spacial score (nSPS) is 12.2. The van der Waals surface area contributed by atoms with Crippen LogP contribution in [0.25, 0.3) is 0 Å². The maximum absolute atomic E-state index is 6.00. The third-order valence-electron chi connectivity index (χ3n) is 3.14. The molecule has 0 spiro atoms. The van der Waals surface area contributed by atoms with E-state index in [1.165, 1.54) is 16.7 Å². The summed E-state index contributed by atoms with van der Waals surface area (Å²) in [6.45, 7) is 6.72. The first-order valence-corrected chi connectivity index (χ1v) is 7.50. The van der Waals surface area contributed by atoms with E-state index in [0.717, 1.165) is 15.8 Å². The van der Waals surface area contributed by atoms with E-state index in [-0.39, 0.29) is 6.04 Å². The van der Waals surface area contributed by atoms with Gasteiger partial charge in [0.05, 0.1) is 0 Å². The fourth-order valence-corrected chi connectivity index (χ4v) is 2.70. The first-order valence-electron chi connectivity index (χ1n) is 6.70. The van der Waals surface area contributed by atoms with E-state index >= 15 is 0 Å². The molecular formula is C17H20BrNO. The number of benzene rings is 2. The Morgan fingerprint density at radius 1 is 1.10 bits per heavy atom. The zero-order valence-corrected chi connectivity index (χ0v) is 13.7. The zero-order valence-electron chi connectivity index (χ0n) is 12.1. The largest absolute Gasteiger partial charge is 0.489 e. The second kappa shape index (κ2) is 6.42. The number of halogens is 1. The lowest BCUT2D eigenvalue weighted by atomic mass is 10.1. The number of hydrogen-bond acceptors (Lipinski definition) is 2. The lowest BCUT2D eigenvalue weighted by Gasteiger charge is -2.15. The van der Waals surface area contributed by atoms with Crippen molar-refractivity contribution >= 4 is 15.9 Å². The molecule has 0 bridgehead atoms. The van der Waals surface area contributed by atoms with E-state index in [2.05, 4.69) is 48.0 Å². The SMILES string of the molecule is Cc1cc(C)cc(COc2ccc(Br)cc2[C@@H](C)N)c1. The maximum atomic E-state index is 6.00. The highest BCUT2D eigenvalue weighted by atomic mass is 79.9. The van der Waals surface area contributed by atoms with Crippen LogP contribution in [-0.2, 0) is 6.61 Å². The third kappa shape index (κ3) is 3.84. The summed E-state index contributed by atoms with van der Waals surface area (Å²) in [6.07, 6.45) is 0. The number of hydrogen-bond donors (Lipinski definition) is 1. The van der Waals surface area contributed by atoms with E-state index in [4.69, 9.17) is 10.5 Å². The first-order chi connectivity index (χ1) is 9.45. The minimum atomic E-state index is -0.0539. The standard InChI is InChI=1S/C17H20BrNO/c1-11-6-12(2)8-14(7-11)10-20-17-5-4-15(18)9-16(17)13(3)19/h4-9,13H,10,19H2,1-3H3/t13-/m1/s1. The Labute approximate surface area is 129 Å². The van der Waals surface area contributed by atoms with Crippen molar-refractivity contribution in [2.24, 2.45) is 5.73 Å². The van der Waals surface area contributed by atoms with Gasteiger partial charge in [0.1, 0.15) is 12.4 Å². The molecule has 0 fully saturated rings. The van der Waals surface area contributed by atoms with Gasteiger partial charge < -0.3 is 10.5 Å². The molecule has 0 saturated heterocycles.